The van der Waals surface area contributed by atoms with Crippen LogP contribution in [0.3, 0.4) is 0 Å². The minimum absolute atomic E-state index is 0.146. The number of furan rings is 1. The van der Waals surface area contributed by atoms with E-state index in [9.17, 15) is 0 Å². The van der Waals surface area contributed by atoms with E-state index in [4.69, 9.17) is 27.6 Å². The smallest absolute Gasteiger partial charge is 0.169 e. The normalized spacial score (nSPS) is 12.6. The molecule has 2 nitrogen and oxygen atoms in total. The summed E-state index contributed by atoms with van der Waals surface area (Å²) in [5, 5.41) is 4.68. The molecule has 1 atom stereocenters. The van der Waals surface area contributed by atoms with E-state index >= 15 is 0 Å². The number of rotatable bonds is 5. The molecule has 5 heteroatoms. The third-order valence-electron chi connectivity index (χ3n) is 2.77. The molecule has 19 heavy (non-hydrogen) atoms. The van der Waals surface area contributed by atoms with Crippen LogP contribution in [0.1, 0.15) is 30.7 Å². The van der Waals surface area contributed by atoms with E-state index in [1.54, 1.807) is 0 Å². The highest BCUT2D eigenvalue weighted by atomic mass is 79.9. The Kier molecular flexibility index (Phi) is 5.34. The molecule has 2 aromatic rings. The standard InChI is InChI=1S/C14H14BrCl2NO/c1-2-8-18-14(11-6-7-12(15)19-11)13-9(16)4-3-5-10(13)17/h3-7,14,18H,2,8H2,1H3. The van der Waals surface area contributed by atoms with E-state index in [-0.39, 0.29) is 6.04 Å². The molecule has 0 aliphatic rings. The van der Waals surface area contributed by atoms with Crippen LogP contribution in [0.5, 0.6) is 0 Å². The molecule has 1 heterocycles. The first kappa shape index (κ1) is 14.9. The Labute approximate surface area is 131 Å². The van der Waals surface area contributed by atoms with Gasteiger partial charge in [-0.2, -0.15) is 0 Å². The van der Waals surface area contributed by atoms with E-state index in [1.807, 2.05) is 30.3 Å². The van der Waals surface area contributed by atoms with Crippen LogP contribution >= 0.6 is 39.1 Å². The van der Waals surface area contributed by atoms with Crippen molar-refractivity contribution in [3.63, 3.8) is 0 Å². The number of benzene rings is 1. The second-order valence-electron chi connectivity index (χ2n) is 4.16. The molecular formula is C14H14BrCl2NO. The highest BCUT2D eigenvalue weighted by Gasteiger charge is 2.22. The lowest BCUT2D eigenvalue weighted by Gasteiger charge is -2.19. The highest BCUT2D eigenvalue weighted by molar-refractivity contribution is 9.10. The van der Waals surface area contributed by atoms with Gasteiger partial charge in [-0.15, -0.1) is 0 Å². The highest BCUT2D eigenvalue weighted by Crippen LogP contribution is 2.35. The second-order valence-corrected chi connectivity index (χ2v) is 5.76. The molecule has 0 fully saturated rings. The Balaban J connectivity index is 2.42. The topological polar surface area (TPSA) is 25.2 Å². The number of nitrogens with one attached hydrogen (secondary N) is 1. The molecule has 102 valence electrons. The fourth-order valence-electron chi connectivity index (χ4n) is 1.90. The second kappa shape index (κ2) is 6.80. The number of hydrogen-bond donors (Lipinski definition) is 1. The molecule has 0 saturated carbocycles. The summed E-state index contributed by atoms with van der Waals surface area (Å²) >= 11 is 15.9. The average molecular weight is 363 g/mol. The number of hydrogen-bond acceptors (Lipinski definition) is 2. The van der Waals surface area contributed by atoms with Crippen molar-refractivity contribution in [2.75, 3.05) is 6.54 Å². The van der Waals surface area contributed by atoms with Gasteiger partial charge in [-0.05, 0) is 53.2 Å². The van der Waals surface area contributed by atoms with Crippen molar-refractivity contribution < 1.29 is 4.42 Å². The zero-order chi connectivity index (χ0) is 13.8. The fraction of sp³-hybridized carbons (Fsp3) is 0.286. The minimum atomic E-state index is -0.146. The molecule has 0 bridgehead atoms. The predicted molar refractivity (Wildman–Crippen MR) is 83.0 cm³/mol. The molecule has 0 aliphatic carbocycles. The number of halogens is 3. The lowest BCUT2D eigenvalue weighted by atomic mass is 10.0. The fourth-order valence-corrected chi connectivity index (χ4v) is 2.84. The van der Waals surface area contributed by atoms with Crippen molar-refractivity contribution in [1.29, 1.82) is 0 Å². The lowest BCUT2D eigenvalue weighted by Crippen LogP contribution is -2.23. The summed E-state index contributed by atoms with van der Waals surface area (Å²) in [6, 6.07) is 9.14. The van der Waals surface area contributed by atoms with Gasteiger partial charge in [0.15, 0.2) is 4.67 Å². The molecule has 1 unspecified atom stereocenters. The molecule has 0 radical (unpaired) electrons. The zero-order valence-electron chi connectivity index (χ0n) is 10.4. The molecule has 1 aromatic carbocycles. The van der Waals surface area contributed by atoms with Gasteiger partial charge in [0.25, 0.3) is 0 Å². The summed E-state index contributed by atoms with van der Waals surface area (Å²) in [6.45, 7) is 2.96. The van der Waals surface area contributed by atoms with E-state index in [0.717, 1.165) is 24.3 Å². The van der Waals surface area contributed by atoms with Crippen LogP contribution in [0.15, 0.2) is 39.4 Å². The van der Waals surface area contributed by atoms with Crippen LogP contribution in [0.2, 0.25) is 10.0 Å². The van der Waals surface area contributed by atoms with Gasteiger partial charge in [0, 0.05) is 15.6 Å². The third-order valence-corrected chi connectivity index (χ3v) is 3.85. The summed E-state index contributed by atoms with van der Waals surface area (Å²) < 4.78 is 6.33. The van der Waals surface area contributed by atoms with Gasteiger partial charge in [-0.1, -0.05) is 36.2 Å². The molecule has 0 aliphatic heterocycles. The molecule has 0 saturated heterocycles. The summed E-state index contributed by atoms with van der Waals surface area (Å²) in [7, 11) is 0. The van der Waals surface area contributed by atoms with Crippen LogP contribution in [-0.2, 0) is 0 Å². The molecule has 2 rings (SSSR count). The largest absolute Gasteiger partial charge is 0.452 e. The Hall–Kier alpha value is -0.480. The average Bonchev–Trinajstić information content (AvgIpc) is 2.79. The maximum atomic E-state index is 6.28. The van der Waals surface area contributed by atoms with Crippen molar-refractivity contribution in [3.05, 3.63) is 56.4 Å². The summed E-state index contributed by atoms with van der Waals surface area (Å²) in [4.78, 5) is 0. The van der Waals surface area contributed by atoms with Crippen molar-refractivity contribution in [3.8, 4) is 0 Å². The molecule has 1 N–H and O–H groups in total. The monoisotopic (exact) mass is 361 g/mol. The van der Waals surface area contributed by atoms with Gasteiger partial charge in [-0.3, -0.25) is 0 Å². The first-order chi connectivity index (χ1) is 9.13. The first-order valence-corrected chi connectivity index (χ1v) is 7.61. The Bertz CT molecular complexity index is 536. The summed E-state index contributed by atoms with van der Waals surface area (Å²) in [6.07, 6.45) is 1.01. The molecule has 0 amide bonds. The van der Waals surface area contributed by atoms with Crippen molar-refractivity contribution in [2.45, 2.75) is 19.4 Å². The van der Waals surface area contributed by atoms with E-state index in [1.165, 1.54) is 0 Å². The van der Waals surface area contributed by atoms with Gasteiger partial charge in [0.2, 0.25) is 0 Å². The Morgan fingerprint density at radius 3 is 2.42 bits per heavy atom. The Morgan fingerprint density at radius 2 is 1.89 bits per heavy atom. The van der Waals surface area contributed by atoms with Gasteiger partial charge in [-0.25, -0.2) is 0 Å². The quantitative estimate of drug-likeness (QED) is 0.766. The molecular weight excluding hydrogens is 349 g/mol. The van der Waals surface area contributed by atoms with E-state index in [2.05, 4.69) is 28.2 Å². The van der Waals surface area contributed by atoms with E-state index in [0.29, 0.717) is 14.7 Å². The van der Waals surface area contributed by atoms with Crippen molar-refractivity contribution >= 4 is 39.1 Å². The van der Waals surface area contributed by atoms with Crippen LogP contribution in [-0.4, -0.2) is 6.54 Å². The van der Waals surface area contributed by atoms with Gasteiger partial charge < -0.3 is 9.73 Å². The van der Waals surface area contributed by atoms with Crippen molar-refractivity contribution in [2.24, 2.45) is 0 Å². The summed E-state index contributed by atoms with van der Waals surface area (Å²) in [5.41, 5.74) is 0.848. The maximum Gasteiger partial charge on any atom is 0.169 e. The van der Waals surface area contributed by atoms with Crippen LogP contribution in [0, 0.1) is 0 Å². The van der Waals surface area contributed by atoms with E-state index < -0.39 is 0 Å². The van der Waals surface area contributed by atoms with Gasteiger partial charge in [0.05, 0.1) is 6.04 Å². The van der Waals surface area contributed by atoms with Crippen LogP contribution in [0.4, 0.5) is 0 Å². The SMILES string of the molecule is CCCNC(c1ccc(Br)o1)c1c(Cl)cccc1Cl. The summed E-state index contributed by atoms with van der Waals surface area (Å²) in [5.74, 6) is 0.787. The van der Waals surface area contributed by atoms with Crippen LogP contribution < -0.4 is 5.32 Å². The minimum Gasteiger partial charge on any atom is -0.452 e. The molecule has 1 aromatic heterocycles. The first-order valence-electron chi connectivity index (χ1n) is 6.06. The van der Waals surface area contributed by atoms with Gasteiger partial charge in [0.1, 0.15) is 5.76 Å². The zero-order valence-corrected chi connectivity index (χ0v) is 13.5. The predicted octanol–water partition coefficient (Wildman–Crippen LogP) is 5.44. The van der Waals surface area contributed by atoms with Crippen LogP contribution in [0.25, 0.3) is 0 Å². The van der Waals surface area contributed by atoms with Crippen molar-refractivity contribution in [1.82, 2.24) is 5.32 Å². The lowest BCUT2D eigenvalue weighted by molar-refractivity contribution is 0.433. The molecule has 0 spiro atoms. The maximum absolute atomic E-state index is 6.28. The van der Waals surface area contributed by atoms with Gasteiger partial charge >= 0.3 is 0 Å². The third kappa shape index (κ3) is 3.54. The Morgan fingerprint density at radius 1 is 1.21 bits per heavy atom.